The molecular formula is C19H16F3N3O. The van der Waals surface area contributed by atoms with Crippen LogP contribution in [0.25, 0.3) is 11.3 Å². The van der Waals surface area contributed by atoms with E-state index in [0.717, 1.165) is 17.2 Å². The molecule has 1 aromatic heterocycles. The number of rotatable bonds is 4. The molecule has 0 atom stereocenters. The first-order chi connectivity index (χ1) is 12.3. The van der Waals surface area contributed by atoms with Gasteiger partial charge in [0.25, 0.3) is 5.56 Å². The summed E-state index contributed by atoms with van der Waals surface area (Å²) in [6, 6.07) is 14.1. The molecule has 7 heteroatoms. The Labute approximate surface area is 147 Å². The van der Waals surface area contributed by atoms with E-state index >= 15 is 0 Å². The van der Waals surface area contributed by atoms with E-state index in [1.165, 1.54) is 24.3 Å². The highest BCUT2D eigenvalue weighted by Gasteiger charge is 2.32. The van der Waals surface area contributed by atoms with Crippen molar-refractivity contribution in [3.05, 3.63) is 81.6 Å². The minimum Gasteiger partial charge on any atom is -0.352 e. The molecule has 3 rings (SSSR count). The van der Waals surface area contributed by atoms with E-state index in [2.05, 4.69) is 15.3 Å². The van der Waals surface area contributed by atoms with Crippen molar-refractivity contribution in [2.75, 3.05) is 5.32 Å². The van der Waals surface area contributed by atoms with E-state index in [1.807, 2.05) is 31.2 Å². The third-order valence-electron chi connectivity index (χ3n) is 3.82. The lowest BCUT2D eigenvalue weighted by Gasteiger charge is -2.13. The third kappa shape index (κ3) is 4.11. The van der Waals surface area contributed by atoms with Gasteiger partial charge < -0.3 is 5.32 Å². The summed E-state index contributed by atoms with van der Waals surface area (Å²) in [5.74, 6) is 0.117. The summed E-state index contributed by atoms with van der Waals surface area (Å²) in [6.07, 6.45) is -4.44. The average molecular weight is 359 g/mol. The van der Waals surface area contributed by atoms with Gasteiger partial charge in [0.05, 0.1) is 11.3 Å². The van der Waals surface area contributed by atoms with Crippen LogP contribution in [0.1, 0.15) is 16.7 Å². The quantitative estimate of drug-likeness (QED) is 0.727. The standard InChI is InChI=1S/C19H16F3N3O/c1-12-5-4-7-13(9-12)16-10-17(26)25-18(24-16)23-11-14-6-2-3-8-15(14)19(20,21)22/h2-10H,11H2,1H3,(H2,23,24,25,26). The molecule has 2 N–H and O–H groups in total. The van der Waals surface area contributed by atoms with E-state index in [-0.39, 0.29) is 23.6 Å². The van der Waals surface area contributed by atoms with Gasteiger partial charge in [0.1, 0.15) is 0 Å². The van der Waals surface area contributed by atoms with Gasteiger partial charge in [-0.25, -0.2) is 4.98 Å². The van der Waals surface area contributed by atoms with Crippen molar-refractivity contribution in [3.8, 4) is 11.3 Å². The zero-order valence-electron chi connectivity index (χ0n) is 13.9. The Hall–Kier alpha value is -3.09. The molecule has 0 unspecified atom stereocenters. The number of benzene rings is 2. The first kappa shape index (κ1) is 17.7. The Kier molecular flexibility index (Phi) is 4.79. The van der Waals surface area contributed by atoms with Crippen molar-refractivity contribution < 1.29 is 13.2 Å². The Morgan fingerprint density at radius 3 is 2.58 bits per heavy atom. The molecule has 0 amide bonds. The van der Waals surface area contributed by atoms with E-state index in [1.54, 1.807) is 0 Å². The van der Waals surface area contributed by atoms with Gasteiger partial charge in [0.2, 0.25) is 5.95 Å². The molecule has 0 fully saturated rings. The number of hydrogen-bond donors (Lipinski definition) is 2. The van der Waals surface area contributed by atoms with Crippen molar-refractivity contribution in [2.45, 2.75) is 19.6 Å². The number of aromatic nitrogens is 2. The third-order valence-corrected chi connectivity index (χ3v) is 3.82. The van der Waals surface area contributed by atoms with Gasteiger partial charge in [0.15, 0.2) is 0 Å². The number of nitrogens with zero attached hydrogens (tertiary/aromatic N) is 1. The zero-order chi connectivity index (χ0) is 18.7. The van der Waals surface area contributed by atoms with Crippen LogP contribution in [0, 0.1) is 6.92 Å². The first-order valence-electron chi connectivity index (χ1n) is 7.90. The van der Waals surface area contributed by atoms with E-state index < -0.39 is 11.7 Å². The van der Waals surface area contributed by atoms with Crippen molar-refractivity contribution in [2.24, 2.45) is 0 Å². The fourth-order valence-electron chi connectivity index (χ4n) is 2.62. The van der Waals surface area contributed by atoms with Gasteiger partial charge in [-0.15, -0.1) is 0 Å². The molecule has 0 saturated heterocycles. The summed E-state index contributed by atoms with van der Waals surface area (Å²) < 4.78 is 39.2. The van der Waals surface area contributed by atoms with Crippen molar-refractivity contribution >= 4 is 5.95 Å². The normalized spacial score (nSPS) is 11.4. The second kappa shape index (κ2) is 7.03. The van der Waals surface area contributed by atoms with Gasteiger partial charge in [-0.05, 0) is 24.6 Å². The minimum atomic E-state index is -4.44. The van der Waals surface area contributed by atoms with Crippen LogP contribution in [0.15, 0.2) is 59.4 Å². The summed E-state index contributed by atoms with van der Waals surface area (Å²) in [6.45, 7) is 1.81. The SMILES string of the molecule is Cc1cccc(-c2cc(=O)[nH]c(NCc3ccccc3C(F)(F)F)n2)c1. The molecule has 1 heterocycles. The number of H-pyrrole nitrogens is 1. The van der Waals surface area contributed by atoms with Crippen LogP contribution in [-0.4, -0.2) is 9.97 Å². The van der Waals surface area contributed by atoms with Crippen LogP contribution in [0.2, 0.25) is 0 Å². The lowest BCUT2D eigenvalue weighted by Crippen LogP contribution is -2.15. The Morgan fingerprint density at radius 1 is 1.08 bits per heavy atom. The fourth-order valence-corrected chi connectivity index (χ4v) is 2.62. The monoisotopic (exact) mass is 359 g/mol. The summed E-state index contributed by atoms with van der Waals surface area (Å²) in [7, 11) is 0. The van der Waals surface area contributed by atoms with E-state index in [4.69, 9.17) is 0 Å². The van der Waals surface area contributed by atoms with E-state index in [9.17, 15) is 18.0 Å². The number of hydrogen-bond acceptors (Lipinski definition) is 3. The lowest BCUT2D eigenvalue weighted by molar-refractivity contribution is -0.138. The maximum Gasteiger partial charge on any atom is 0.416 e. The van der Waals surface area contributed by atoms with Crippen LogP contribution in [0.4, 0.5) is 19.1 Å². The number of aromatic amines is 1. The molecule has 0 spiro atoms. The highest BCUT2D eigenvalue weighted by atomic mass is 19.4. The predicted molar refractivity (Wildman–Crippen MR) is 93.8 cm³/mol. The van der Waals surface area contributed by atoms with Crippen LogP contribution in [-0.2, 0) is 12.7 Å². The molecule has 3 aromatic rings. The van der Waals surface area contributed by atoms with Crippen LogP contribution < -0.4 is 10.9 Å². The minimum absolute atomic E-state index is 0.0728. The van der Waals surface area contributed by atoms with Gasteiger partial charge >= 0.3 is 6.18 Å². The molecule has 0 saturated carbocycles. The molecule has 0 aliphatic rings. The summed E-state index contributed by atoms with van der Waals surface area (Å²) >= 11 is 0. The van der Waals surface area contributed by atoms with Gasteiger partial charge in [-0.1, -0.05) is 42.0 Å². The number of halogens is 3. The van der Waals surface area contributed by atoms with Gasteiger partial charge in [-0.3, -0.25) is 9.78 Å². The number of anilines is 1. The molecule has 26 heavy (non-hydrogen) atoms. The topological polar surface area (TPSA) is 57.8 Å². The highest BCUT2D eigenvalue weighted by Crippen LogP contribution is 2.32. The summed E-state index contributed by atoms with van der Waals surface area (Å²) in [5, 5.41) is 2.77. The predicted octanol–water partition coefficient (Wildman–Crippen LogP) is 4.38. The van der Waals surface area contributed by atoms with Gasteiger partial charge in [-0.2, -0.15) is 13.2 Å². The first-order valence-corrected chi connectivity index (χ1v) is 7.90. The molecule has 134 valence electrons. The van der Waals surface area contributed by atoms with Crippen molar-refractivity contribution in [1.82, 2.24) is 9.97 Å². The van der Waals surface area contributed by atoms with Crippen LogP contribution >= 0.6 is 0 Å². The number of alkyl halides is 3. The second-order valence-electron chi connectivity index (χ2n) is 5.86. The zero-order valence-corrected chi connectivity index (χ0v) is 13.9. The largest absolute Gasteiger partial charge is 0.416 e. The van der Waals surface area contributed by atoms with Crippen LogP contribution in [0.5, 0.6) is 0 Å². The average Bonchev–Trinajstić information content (AvgIpc) is 2.59. The maximum absolute atomic E-state index is 13.1. The molecule has 2 aromatic carbocycles. The maximum atomic E-state index is 13.1. The second-order valence-corrected chi connectivity index (χ2v) is 5.86. The lowest BCUT2D eigenvalue weighted by atomic mass is 10.1. The molecule has 0 aliphatic carbocycles. The molecule has 0 bridgehead atoms. The van der Waals surface area contributed by atoms with Crippen molar-refractivity contribution in [1.29, 1.82) is 0 Å². The molecular weight excluding hydrogens is 343 g/mol. The Morgan fingerprint density at radius 2 is 1.85 bits per heavy atom. The fraction of sp³-hybridized carbons (Fsp3) is 0.158. The highest BCUT2D eigenvalue weighted by molar-refractivity contribution is 5.60. The van der Waals surface area contributed by atoms with E-state index in [0.29, 0.717) is 5.69 Å². The van der Waals surface area contributed by atoms with Crippen molar-refractivity contribution in [3.63, 3.8) is 0 Å². The molecule has 0 aliphatic heterocycles. The molecule has 0 radical (unpaired) electrons. The number of nitrogens with one attached hydrogen (secondary N) is 2. The Bertz CT molecular complexity index is 980. The van der Waals surface area contributed by atoms with Crippen LogP contribution in [0.3, 0.4) is 0 Å². The Balaban J connectivity index is 1.87. The summed E-state index contributed by atoms with van der Waals surface area (Å²) in [5.41, 5.74) is 1.19. The smallest absolute Gasteiger partial charge is 0.352 e. The summed E-state index contributed by atoms with van der Waals surface area (Å²) in [4.78, 5) is 18.7. The number of aryl methyl sites for hydroxylation is 1. The van der Waals surface area contributed by atoms with Gasteiger partial charge in [0, 0.05) is 18.2 Å². The molecule has 4 nitrogen and oxygen atoms in total.